The first kappa shape index (κ1) is 14.0. The molecule has 1 aromatic heterocycles. The molecule has 1 aromatic rings. The third-order valence-corrected chi connectivity index (χ3v) is 2.20. The molecule has 6 nitrogen and oxygen atoms in total. The van der Waals surface area contributed by atoms with E-state index in [1.807, 2.05) is 6.92 Å². The number of aryl methyl sites for hydroxylation is 1. The van der Waals surface area contributed by atoms with E-state index in [9.17, 15) is 9.59 Å². The molecule has 0 aliphatic rings. The first-order valence-corrected chi connectivity index (χ1v) is 5.75. The fourth-order valence-corrected chi connectivity index (χ4v) is 1.38. The number of carbonyl (C=O) groups excluding carboxylic acids is 1. The fourth-order valence-electron chi connectivity index (χ4n) is 1.38. The van der Waals surface area contributed by atoms with Crippen molar-refractivity contribution in [2.75, 3.05) is 18.4 Å². The largest absolute Gasteiger partial charge is 0.478 e. The summed E-state index contributed by atoms with van der Waals surface area (Å²) in [5.74, 6) is -0.768. The molecule has 0 bridgehead atoms. The maximum absolute atomic E-state index is 11.4. The van der Waals surface area contributed by atoms with E-state index in [4.69, 9.17) is 5.11 Å². The summed E-state index contributed by atoms with van der Waals surface area (Å²) in [5.41, 5.74) is 0.741. The zero-order chi connectivity index (χ0) is 13.5. The van der Waals surface area contributed by atoms with Gasteiger partial charge in [0, 0.05) is 12.2 Å². The predicted octanol–water partition coefficient (Wildman–Crippen LogP) is 1.03. The minimum atomic E-state index is -1.01. The number of nitrogens with zero attached hydrogens (tertiary/aromatic N) is 1. The highest BCUT2D eigenvalue weighted by molar-refractivity contribution is 5.89. The molecule has 0 atom stereocenters. The van der Waals surface area contributed by atoms with Crippen molar-refractivity contribution in [1.29, 1.82) is 0 Å². The van der Waals surface area contributed by atoms with Crippen molar-refractivity contribution in [3.8, 4) is 0 Å². The summed E-state index contributed by atoms with van der Waals surface area (Å²) in [6.45, 7) is 4.38. The summed E-state index contributed by atoms with van der Waals surface area (Å²) in [6, 6.07) is 2.88. The molecule has 98 valence electrons. The molecular weight excluding hydrogens is 234 g/mol. The highest BCUT2D eigenvalue weighted by Gasteiger charge is 2.07. The molecule has 0 saturated carbocycles. The van der Waals surface area contributed by atoms with Gasteiger partial charge in [-0.15, -0.1) is 0 Å². The molecule has 0 aromatic carbocycles. The van der Waals surface area contributed by atoms with Gasteiger partial charge >= 0.3 is 5.97 Å². The van der Waals surface area contributed by atoms with Crippen LogP contribution in [0.25, 0.3) is 0 Å². The average molecular weight is 251 g/mol. The van der Waals surface area contributed by atoms with Crippen molar-refractivity contribution < 1.29 is 14.7 Å². The minimum absolute atomic E-state index is 0.0789. The second kappa shape index (κ2) is 6.58. The van der Waals surface area contributed by atoms with Gasteiger partial charge in [-0.1, -0.05) is 6.92 Å². The number of carbonyl (C=O) groups is 2. The Morgan fingerprint density at radius 2 is 2.11 bits per heavy atom. The third-order valence-electron chi connectivity index (χ3n) is 2.20. The third kappa shape index (κ3) is 4.40. The van der Waals surface area contributed by atoms with Crippen LogP contribution in [-0.2, 0) is 4.79 Å². The molecule has 18 heavy (non-hydrogen) atoms. The summed E-state index contributed by atoms with van der Waals surface area (Å²) < 4.78 is 0. The fraction of sp³-hybridized carbons (Fsp3) is 0.417. The zero-order valence-corrected chi connectivity index (χ0v) is 10.5. The summed E-state index contributed by atoms with van der Waals surface area (Å²) in [4.78, 5) is 26.3. The van der Waals surface area contributed by atoms with Crippen molar-refractivity contribution in [1.82, 2.24) is 10.3 Å². The lowest BCUT2D eigenvalue weighted by atomic mass is 10.2. The lowest BCUT2D eigenvalue weighted by Gasteiger charge is -2.08. The normalized spacial score (nSPS) is 9.89. The summed E-state index contributed by atoms with van der Waals surface area (Å²) >= 11 is 0. The lowest BCUT2D eigenvalue weighted by molar-refractivity contribution is -0.119. The molecule has 0 fully saturated rings. The van der Waals surface area contributed by atoms with Gasteiger partial charge in [0.2, 0.25) is 5.91 Å². The molecule has 0 saturated heterocycles. The molecule has 0 aliphatic carbocycles. The van der Waals surface area contributed by atoms with Crippen LogP contribution in [0.4, 0.5) is 5.82 Å². The Bertz CT molecular complexity index is 446. The standard InChI is InChI=1S/C12H17N3O3/c1-3-4-13-11(16)7-14-10-6-9(12(17)18)5-8(2)15-10/h5-6H,3-4,7H2,1-2H3,(H,13,16)(H,14,15)(H,17,18). The topological polar surface area (TPSA) is 91.3 Å². The maximum atomic E-state index is 11.4. The van der Waals surface area contributed by atoms with Crippen LogP contribution >= 0.6 is 0 Å². The van der Waals surface area contributed by atoms with Crippen molar-refractivity contribution in [2.24, 2.45) is 0 Å². The molecule has 6 heteroatoms. The van der Waals surface area contributed by atoms with Crippen molar-refractivity contribution >= 4 is 17.7 Å². The van der Waals surface area contributed by atoms with E-state index in [1.165, 1.54) is 12.1 Å². The molecule has 0 radical (unpaired) electrons. The van der Waals surface area contributed by atoms with Crippen LogP contribution < -0.4 is 10.6 Å². The van der Waals surface area contributed by atoms with Crippen molar-refractivity contribution in [3.63, 3.8) is 0 Å². The monoisotopic (exact) mass is 251 g/mol. The number of aromatic carboxylic acids is 1. The van der Waals surface area contributed by atoms with Crippen molar-refractivity contribution in [2.45, 2.75) is 20.3 Å². The van der Waals surface area contributed by atoms with Gasteiger partial charge in [0.05, 0.1) is 12.1 Å². The molecule has 1 amide bonds. The van der Waals surface area contributed by atoms with Crippen LogP contribution in [0.5, 0.6) is 0 Å². The van der Waals surface area contributed by atoms with Gasteiger partial charge in [0.25, 0.3) is 0 Å². The Morgan fingerprint density at radius 1 is 1.39 bits per heavy atom. The molecular formula is C12H17N3O3. The van der Waals surface area contributed by atoms with E-state index in [0.717, 1.165) is 6.42 Å². The number of hydrogen-bond acceptors (Lipinski definition) is 4. The van der Waals surface area contributed by atoms with Gasteiger partial charge in [0.1, 0.15) is 5.82 Å². The number of carboxylic acids is 1. The van der Waals surface area contributed by atoms with Gasteiger partial charge in [0.15, 0.2) is 0 Å². The van der Waals surface area contributed by atoms with Crippen LogP contribution in [0.3, 0.4) is 0 Å². The highest BCUT2D eigenvalue weighted by Crippen LogP contribution is 2.09. The number of anilines is 1. The number of nitrogens with one attached hydrogen (secondary N) is 2. The Hall–Kier alpha value is -2.11. The Labute approximate surface area is 105 Å². The van der Waals surface area contributed by atoms with Crippen LogP contribution in [0.15, 0.2) is 12.1 Å². The van der Waals surface area contributed by atoms with Crippen molar-refractivity contribution in [3.05, 3.63) is 23.4 Å². The lowest BCUT2D eigenvalue weighted by Crippen LogP contribution is -2.30. The number of rotatable bonds is 6. The molecule has 1 rings (SSSR count). The number of aromatic nitrogens is 1. The van der Waals surface area contributed by atoms with E-state index < -0.39 is 5.97 Å². The van der Waals surface area contributed by atoms with Crippen LogP contribution in [-0.4, -0.2) is 35.1 Å². The average Bonchev–Trinajstić information content (AvgIpc) is 2.33. The second-order valence-corrected chi connectivity index (χ2v) is 3.89. The highest BCUT2D eigenvalue weighted by atomic mass is 16.4. The van der Waals surface area contributed by atoms with Gasteiger partial charge in [-0.2, -0.15) is 0 Å². The summed E-state index contributed by atoms with van der Waals surface area (Å²) in [7, 11) is 0. The summed E-state index contributed by atoms with van der Waals surface area (Å²) in [5, 5.41) is 14.4. The Morgan fingerprint density at radius 3 is 2.72 bits per heavy atom. The van der Waals surface area contributed by atoms with E-state index >= 15 is 0 Å². The van der Waals surface area contributed by atoms with E-state index in [1.54, 1.807) is 6.92 Å². The Balaban J connectivity index is 2.62. The van der Waals surface area contributed by atoms with Gasteiger partial charge < -0.3 is 15.7 Å². The number of amides is 1. The van der Waals surface area contributed by atoms with Gasteiger partial charge in [-0.25, -0.2) is 9.78 Å². The molecule has 0 spiro atoms. The van der Waals surface area contributed by atoms with E-state index in [-0.39, 0.29) is 18.0 Å². The zero-order valence-electron chi connectivity index (χ0n) is 10.5. The van der Waals surface area contributed by atoms with Gasteiger partial charge in [-0.05, 0) is 25.5 Å². The summed E-state index contributed by atoms with van der Waals surface area (Å²) in [6.07, 6.45) is 0.873. The Kier molecular flexibility index (Phi) is 5.10. The number of hydrogen-bond donors (Lipinski definition) is 3. The molecule has 0 aliphatic heterocycles. The van der Waals surface area contributed by atoms with Gasteiger partial charge in [-0.3, -0.25) is 4.79 Å². The van der Waals surface area contributed by atoms with Crippen LogP contribution in [0.1, 0.15) is 29.4 Å². The first-order valence-electron chi connectivity index (χ1n) is 5.75. The smallest absolute Gasteiger partial charge is 0.335 e. The predicted molar refractivity (Wildman–Crippen MR) is 67.7 cm³/mol. The second-order valence-electron chi connectivity index (χ2n) is 3.89. The van der Waals surface area contributed by atoms with Crippen LogP contribution in [0, 0.1) is 6.92 Å². The molecule has 3 N–H and O–H groups in total. The molecule has 0 unspecified atom stereocenters. The van der Waals surface area contributed by atoms with E-state index in [2.05, 4.69) is 15.6 Å². The van der Waals surface area contributed by atoms with Crippen LogP contribution in [0.2, 0.25) is 0 Å². The molecule has 1 heterocycles. The number of pyridine rings is 1. The minimum Gasteiger partial charge on any atom is -0.478 e. The maximum Gasteiger partial charge on any atom is 0.335 e. The van der Waals surface area contributed by atoms with E-state index in [0.29, 0.717) is 18.1 Å². The first-order chi connectivity index (χ1) is 8.52. The SMILES string of the molecule is CCCNC(=O)CNc1cc(C(=O)O)cc(C)n1. The quantitative estimate of drug-likeness (QED) is 0.702. The number of carboxylic acid groups (broad SMARTS) is 1.